The Morgan fingerprint density at radius 3 is 2.67 bits per heavy atom. The lowest BCUT2D eigenvalue weighted by Gasteiger charge is -2.19. The molecule has 0 amide bonds. The van der Waals surface area contributed by atoms with Crippen molar-refractivity contribution in [1.82, 2.24) is 9.78 Å². The smallest absolute Gasteiger partial charge is 0.326 e. The number of aromatic nitrogens is 2. The van der Waals surface area contributed by atoms with Crippen molar-refractivity contribution >= 4 is 17.6 Å². The molecule has 18 heavy (non-hydrogen) atoms. The Kier molecular flexibility index (Phi) is 4.36. The van der Waals surface area contributed by atoms with Crippen LogP contribution in [-0.4, -0.2) is 22.4 Å². The number of ether oxygens (including phenoxy) is 1. The van der Waals surface area contributed by atoms with Crippen molar-refractivity contribution in [2.75, 3.05) is 6.61 Å². The van der Waals surface area contributed by atoms with Gasteiger partial charge in [-0.2, -0.15) is 10.4 Å². The lowest BCUT2D eigenvalue weighted by Crippen LogP contribution is -2.31. The van der Waals surface area contributed by atoms with E-state index < -0.39 is 11.4 Å². The van der Waals surface area contributed by atoms with E-state index in [1.165, 1.54) is 0 Å². The molecule has 98 valence electrons. The van der Waals surface area contributed by atoms with Crippen LogP contribution in [0, 0.1) is 23.7 Å². The zero-order valence-corrected chi connectivity index (χ0v) is 11.7. The third-order valence-corrected chi connectivity index (χ3v) is 3.25. The molecule has 1 unspecified atom stereocenters. The van der Waals surface area contributed by atoms with Gasteiger partial charge in [-0.05, 0) is 20.8 Å². The maximum Gasteiger partial charge on any atom is 0.326 e. The van der Waals surface area contributed by atoms with Crippen molar-refractivity contribution < 1.29 is 9.53 Å². The molecule has 5 nitrogen and oxygen atoms in total. The van der Waals surface area contributed by atoms with Gasteiger partial charge in [-0.25, -0.2) is 0 Å². The van der Waals surface area contributed by atoms with Crippen molar-refractivity contribution in [2.45, 2.75) is 27.2 Å². The number of hydrogen-bond acceptors (Lipinski definition) is 4. The number of rotatable bonds is 4. The van der Waals surface area contributed by atoms with Gasteiger partial charge >= 0.3 is 5.97 Å². The van der Waals surface area contributed by atoms with Crippen LogP contribution in [0.25, 0.3) is 0 Å². The largest absolute Gasteiger partial charge is 0.465 e. The first-order valence-electron chi connectivity index (χ1n) is 5.62. The highest BCUT2D eigenvalue weighted by molar-refractivity contribution is 6.31. The minimum absolute atomic E-state index is 0.179. The third-order valence-electron chi connectivity index (χ3n) is 2.76. The van der Waals surface area contributed by atoms with Crippen molar-refractivity contribution in [2.24, 2.45) is 12.5 Å². The number of hydrogen-bond donors (Lipinski definition) is 0. The molecule has 0 aliphatic carbocycles. The first-order chi connectivity index (χ1) is 8.35. The Bertz CT molecular complexity index is 504. The fourth-order valence-electron chi connectivity index (χ4n) is 1.65. The SMILES string of the molecule is CCOC(=O)C(C)(C#N)Cc1c(Cl)c(C)nn1C. The molecule has 0 radical (unpaired) electrons. The Balaban J connectivity index is 3.07. The zero-order valence-electron chi connectivity index (χ0n) is 11.0. The number of halogens is 1. The van der Waals surface area contributed by atoms with Crippen LogP contribution in [0.1, 0.15) is 25.2 Å². The molecule has 1 aromatic heterocycles. The second-order valence-corrected chi connectivity index (χ2v) is 4.69. The monoisotopic (exact) mass is 269 g/mol. The molecule has 0 fully saturated rings. The summed E-state index contributed by atoms with van der Waals surface area (Å²) in [7, 11) is 1.73. The molecule has 0 aliphatic heterocycles. The van der Waals surface area contributed by atoms with Gasteiger partial charge in [0, 0.05) is 13.5 Å². The maximum atomic E-state index is 11.8. The Morgan fingerprint density at radius 2 is 2.28 bits per heavy atom. The fraction of sp³-hybridized carbons (Fsp3) is 0.583. The summed E-state index contributed by atoms with van der Waals surface area (Å²) in [6.45, 7) is 5.27. The average Bonchev–Trinajstić information content (AvgIpc) is 2.56. The van der Waals surface area contributed by atoms with Crippen LogP contribution in [0.2, 0.25) is 5.02 Å². The molecule has 0 aliphatic rings. The van der Waals surface area contributed by atoms with Crippen LogP contribution >= 0.6 is 11.6 Å². The normalized spacial score (nSPS) is 13.8. The van der Waals surface area contributed by atoms with Crippen molar-refractivity contribution in [3.8, 4) is 6.07 Å². The summed E-state index contributed by atoms with van der Waals surface area (Å²) < 4.78 is 6.51. The minimum Gasteiger partial charge on any atom is -0.465 e. The molecular weight excluding hydrogens is 254 g/mol. The van der Waals surface area contributed by atoms with Crippen LogP contribution in [0.5, 0.6) is 0 Å². The number of nitriles is 1. The van der Waals surface area contributed by atoms with Gasteiger partial charge in [0.15, 0.2) is 5.41 Å². The second-order valence-electron chi connectivity index (χ2n) is 4.31. The van der Waals surface area contributed by atoms with E-state index in [9.17, 15) is 10.1 Å². The maximum absolute atomic E-state index is 11.8. The molecule has 0 N–H and O–H groups in total. The third kappa shape index (κ3) is 2.65. The number of carbonyl (C=O) groups excluding carboxylic acids is 1. The first kappa shape index (κ1) is 14.5. The molecule has 1 aromatic rings. The quantitative estimate of drug-likeness (QED) is 0.784. The molecule has 0 aromatic carbocycles. The standard InChI is InChI=1S/C12H16ClN3O2/c1-5-18-11(17)12(3,7-14)6-9-10(13)8(2)15-16(9)4/h5-6H2,1-4H3. The van der Waals surface area contributed by atoms with E-state index in [0.29, 0.717) is 16.4 Å². The van der Waals surface area contributed by atoms with E-state index in [2.05, 4.69) is 5.10 Å². The average molecular weight is 270 g/mol. The highest BCUT2D eigenvalue weighted by atomic mass is 35.5. The van der Waals surface area contributed by atoms with Crippen LogP contribution in [0.3, 0.4) is 0 Å². The molecule has 0 saturated carbocycles. The summed E-state index contributed by atoms with van der Waals surface area (Å²) >= 11 is 6.11. The summed E-state index contributed by atoms with van der Waals surface area (Å²) in [6, 6.07) is 2.00. The lowest BCUT2D eigenvalue weighted by molar-refractivity contribution is -0.151. The van der Waals surface area contributed by atoms with Gasteiger partial charge in [-0.15, -0.1) is 0 Å². The lowest BCUT2D eigenvalue weighted by atomic mass is 9.87. The van der Waals surface area contributed by atoms with Crippen LogP contribution in [0.15, 0.2) is 0 Å². The van der Waals surface area contributed by atoms with Gasteiger partial charge in [-0.1, -0.05) is 11.6 Å². The van der Waals surface area contributed by atoms with Gasteiger partial charge < -0.3 is 4.74 Å². The summed E-state index contributed by atoms with van der Waals surface area (Å²) in [5.74, 6) is -0.539. The van der Waals surface area contributed by atoms with E-state index in [0.717, 1.165) is 0 Å². The predicted molar refractivity (Wildman–Crippen MR) is 67.0 cm³/mol. The van der Waals surface area contributed by atoms with Crippen LogP contribution in [0.4, 0.5) is 0 Å². The molecule has 0 bridgehead atoms. The summed E-state index contributed by atoms with van der Waals surface area (Å²) in [5.41, 5.74) is 0.0875. The highest BCUT2D eigenvalue weighted by Gasteiger charge is 2.37. The summed E-state index contributed by atoms with van der Waals surface area (Å²) in [4.78, 5) is 11.8. The van der Waals surface area contributed by atoms with Gasteiger partial charge in [-0.3, -0.25) is 9.48 Å². The molecule has 0 saturated heterocycles. The number of carbonyl (C=O) groups is 1. The predicted octanol–water partition coefficient (Wildman–Crippen LogP) is 2.02. The summed E-state index contributed by atoms with van der Waals surface area (Å²) in [6.07, 6.45) is 0.179. The van der Waals surface area contributed by atoms with E-state index >= 15 is 0 Å². The second kappa shape index (κ2) is 5.40. The van der Waals surface area contributed by atoms with E-state index in [1.54, 1.807) is 32.5 Å². The van der Waals surface area contributed by atoms with E-state index in [4.69, 9.17) is 16.3 Å². The Hall–Kier alpha value is -1.54. The first-order valence-corrected chi connectivity index (χ1v) is 6.00. The van der Waals surface area contributed by atoms with Gasteiger partial charge in [0.25, 0.3) is 0 Å². The highest BCUT2D eigenvalue weighted by Crippen LogP contribution is 2.29. The van der Waals surface area contributed by atoms with E-state index in [-0.39, 0.29) is 13.0 Å². The van der Waals surface area contributed by atoms with Crippen LogP contribution < -0.4 is 0 Å². The number of esters is 1. The molecule has 1 heterocycles. The van der Waals surface area contributed by atoms with Gasteiger partial charge in [0.05, 0.1) is 29.1 Å². The molecular formula is C12H16ClN3O2. The molecule has 0 spiro atoms. The van der Waals surface area contributed by atoms with Gasteiger partial charge in [0.1, 0.15) is 0 Å². The topological polar surface area (TPSA) is 67.9 Å². The molecule has 1 rings (SSSR count). The van der Waals surface area contributed by atoms with Gasteiger partial charge in [0.2, 0.25) is 0 Å². The zero-order chi connectivity index (χ0) is 13.9. The van der Waals surface area contributed by atoms with Crippen molar-refractivity contribution in [3.63, 3.8) is 0 Å². The molecule has 1 atom stereocenters. The Morgan fingerprint density at radius 1 is 1.67 bits per heavy atom. The summed E-state index contributed by atoms with van der Waals surface area (Å²) in [5, 5.41) is 13.9. The van der Waals surface area contributed by atoms with Crippen molar-refractivity contribution in [1.29, 1.82) is 5.26 Å². The number of aryl methyl sites for hydroxylation is 2. The molecule has 6 heteroatoms. The Labute approximate surface area is 111 Å². The minimum atomic E-state index is -1.25. The number of nitrogens with zero attached hydrogens (tertiary/aromatic N) is 3. The fourth-order valence-corrected chi connectivity index (χ4v) is 1.88. The van der Waals surface area contributed by atoms with Crippen LogP contribution in [-0.2, 0) is 23.0 Å². The van der Waals surface area contributed by atoms with Crippen molar-refractivity contribution in [3.05, 3.63) is 16.4 Å². The van der Waals surface area contributed by atoms with E-state index in [1.807, 2.05) is 6.07 Å².